The summed E-state index contributed by atoms with van der Waals surface area (Å²) in [4.78, 5) is 12.7. The van der Waals surface area contributed by atoms with Crippen molar-refractivity contribution in [2.75, 3.05) is 13.1 Å². The van der Waals surface area contributed by atoms with E-state index in [0.717, 1.165) is 12.0 Å². The van der Waals surface area contributed by atoms with Crippen LogP contribution in [0.1, 0.15) is 37.8 Å². The van der Waals surface area contributed by atoms with Gasteiger partial charge >= 0.3 is 5.97 Å². The summed E-state index contributed by atoms with van der Waals surface area (Å²) in [6, 6.07) is 7.66. The summed E-state index contributed by atoms with van der Waals surface area (Å²) in [5, 5.41) is 8.88. The fraction of sp³-hybridized carbons (Fsp3) is 0.588. The minimum atomic E-state index is -3.38. The Balaban J connectivity index is 1.84. The van der Waals surface area contributed by atoms with Crippen molar-refractivity contribution in [3.05, 3.63) is 35.4 Å². The van der Waals surface area contributed by atoms with Gasteiger partial charge < -0.3 is 5.11 Å². The van der Waals surface area contributed by atoms with Crippen LogP contribution in [-0.2, 0) is 27.0 Å². The molecule has 6 nitrogen and oxygen atoms in total. The van der Waals surface area contributed by atoms with E-state index in [0.29, 0.717) is 19.4 Å². The second-order valence-electron chi connectivity index (χ2n) is 6.33. The van der Waals surface area contributed by atoms with Gasteiger partial charge in [0.05, 0.1) is 12.3 Å². The van der Waals surface area contributed by atoms with Gasteiger partial charge in [0.1, 0.15) is 0 Å². The zero-order chi connectivity index (χ0) is 17.7. The Hall–Kier alpha value is -1.44. The van der Waals surface area contributed by atoms with E-state index in [1.54, 1.807) is 0 Å². The van der Waals surface area contributed by atoms with E-state index in [9.17, 15) is 13.2 Å². The Kier molecular flexibility index (Phi) is 6.37. The number of hydrogen-bond donors (Lipinski definition) is 2. The third-order valence-electron chi connectivity index (χ3n) is 4.51. The average Bonchev–Trinajstić information content (AvgIpc) is 2.48. The Morgan fingerprint density at radius 3 is 2.29 bits per heavy atom. The molecule has 1 aromatic carbocycles. The number of rotatable bonds is 9. The molecule has 2 rings (SSSR count). The van der Waals surface area contributed by atoms with Gasteiger partial charge in [-0.15, -0.1) is 0 Å². The maximum Gasteiger partial charge on any atom is 0.317 e. The zero-order valence-corrected chi connectivity index (χ0v) is 15.1. The molecule has 1 aromatic rings. The summed E-state index contributed by atoms with van der Waals surface area (Å²) in [7, 11) is -3.38. The van der Waals surface area contributed by atoms with Crippen molar-refractivity contribution in [2.45, 2.75) is 50.9 Å². The van der Waals surface area contributed by atoms with E-state index in [2.05, 4.69) is 11.6 Å². The SMILES string of the molecule is CCc1ccc(CS(=O)(=O)NC2CC(N(CC)CC(=O)O)C2)cc1. The molecule has 0 aromatic heterocycles. The molecule has 0 saturated heterocycles. The van der Waals surface area contributed by atoms with Gasteiger partial charge in [-0.25, -0.2) is 13.1 Å². The van der Waals surface area contributed by atoms with Crippen LogP contribution in [0.25, 0.3) is 0 Å². The Labute approximate surface area is 143 Å². The van der Waals surface area contributed by atoms with E-state index in [1.165, 1.54) is 5.56 Å². The molecule has 0 bridgehead atoms. The lowest BCUT2D eigenvalue weighted by atomic mass is 9.86. The van der Waals surface area contributed by atoms with Crippen LogP contribution in [0.15, 0.2) is 24.3 Å². The Morgan fingerprint density at radius 2 is 1.79 bits per heavy atom. The molecule has 0 atom stereocenters. The Bertz CT molecular complexity index is 652. The van der Waals surface area contributed by atoms with E-state index >= 15 is 0 Å². The summed E-state index contributed by atoms with van der Waals surface area (Å²) >= 11 is 0. The number of sulfonamides is 1. The molecule has 24 heavy (non-hydrogen) atoms. The van der Waals surface area contributed by atoms with Crippen LogP contribution in [0.4, 0.5) is 0 Å². The highest BCUT2D eigenvalue weighted by molar-refractivity contribution is 7.88. The van der Waals surface area contributed by atoms with E-state index in [4.69, 9.17) is 5.11 Å². The molecule has 7 heteroatoms. The predicted molar refractivity (Wildman–Crippen MR) is 93.3 cm³/mol. The molecule has 0 heterocycles. The number of likely N-dealkylation sites (N-methyl/N-ethyl adjacent to an activating group) is 1. The first-order valence-electron chi connectivity index (χ1n) is 8.36. The second kappa shape index (κ2) is 8.09. The molecule has 2 N–H and O–H groups in total. The van der Waals surface area contributed by atoms with Crippen LogP contribution in [0, 0.1) is 0 Å². The van der Waals surface area contributed by atoms with Crippen molar-refractivity contribution in [3.63, 3.8) is 0 Å². The summed E-state index contributed by atoms with van der Waals surface area (Å²) in [5.41, 5.74) is 1.96. The smallest absolute Gasteiger partial charge is 0.317 e. The Morgan fingerprint density at radius 1 is 1.21 bits per heavy atom. The number of benzene rings is 1. The number of aryl methyl sites for hydroxylation is 1. The fourth-order valence-electron chi connectivity index (χ4n) is 3.04. The molecular formula is C17H26N2O4S. The first-order chi connectivity index (χ1) is 11.3. The van der Waals surface area contributed by atoms with Crippen molar-refractivity contribution in [1.82, 2.24) is 9.62 Å². The van der Waals surface area contributed by atoms with Crippen LogP contribution in [0.5, 0.6) is 0 Å². The molecule has 1 fully saturated rings. The normalized spacial score (nSPS) is 20.8. The van der Waals surface area contributed by atoms with Crippen LogP contribution >= 0.6 is 0 Å². The van der Waals surface area contributed by atoms with Gasteiger partial charge in [0, 0.05) is 12.1 Å². The lowest BCUT2D eigenvalue weighted by molar-refractivity contribution is -0.139. The second-order valence-corrected chi connectivity index (χ2v) is 8.08. The number of carboxylic acids is 1. The quantitative estimate of drug-likeness (QED) is 0.703. The third kappa shape index (κ3) is 5.29. The summed E-state index contributed by atoms with van der Waals surface area (Å²) in [6.45, 7) is 4.63. The maximum atomic E-state index is 12.3. The summed E-state index contributed by atoms with van der Waals surface area (Å²) < 4.78 is 27.3. The van der Waals surface area contributed by atoms with Gasteiger partial charge in [0.15, 0.2) is 0 Å². The highest BCUT2D eigenvalue weighted by Gasteiger charge is 2.35. The minimum Gasteiger partial charge on any atom is -0.480 e. The third-order valence-corrected chi connectivity index (χ3v) is 5.91. The van der Waals surface area contributed by atoms with Crippen molar-refractivity contribution >= 4 is 16.0 Å². The molecule has 134 valence electrons. The average molecular weight is 354 g/mol. The number of aliphatic carboxylic acids is 1. The summed E-state index contributed by atoms with van der Waals surface area (Å²) in [5.74, 6) is -0.874. The zero-order valence-electron chi connectivity index (χ0n) is 14.2. The molecule has 0 aliphatic heterocycles. The van der Waals surface area contributed by atoms with Crippen molar-refractivity contribution in [3.8, 4) is 0 Å². The minimum absolute atomic E-state index is 0.00438. The van der Waals surface area contributed by atoms with Crippen LogP contribution in [0.2, 0.25) is 0 Å². The first kappa shape index (κ1) is 18.9. The molecule has 1 aliphatic carbocycles. The predicted octanol–water partition coefficient (Wildman–Crippen LogP) is 1.61. The fourth-order valence-corrected chi connectivity index (χ4v) is 4.46. The number of hydrogen-bond acceptors (Lipinski definition) is 4. The summed E-state index contributed by atoms with van der Waals surface area (Å²) in [6.07, 6.45) is 2.25. The van der Waals surface area contributed by atoms with E-state index < -0.39 is 16.0 Å². The van der Waals surface area contributed by atoms with E-state index in [-0.39, 0.29) is 24.4 Å². The largest absolute Gasteiger partial charge is 0.480 e. The van der Waals surface area contributed by atoms with Gasteiger partial charge in [0.25, 0.3) is 0 Å². The van der Waals surface area contributed by atoms with Gasteiger partial charge in [-0.2, -0.15) is 0 Å². The maximum absolute atomic E-state index is 12.3. The number of carbonyl (C=O) groups is 1. The van der Waals surface area contributed by atoms with Crippen molar-refractivity contribution in [1.29, 1.82) is 0 Å². The lowest BCUT2D eigenvalue weighted by Crippen LogP contribution is -2.54. The highest BCUT2D eigenvalue weighted by Crippen LogP contribution is 2.26. The van der Waals surface area contributed by atoms with Crippen LogP contribution < -0.4 is 4.72 Å². The van der Waals surface area contributed by atoms with Crippen molar-refractivity contribution < 1.29 is 18.3 Å². The van der Waals surface area contributed by atoms with Crippen LogP contribution in [-0.4, -0.2) is 49.6 Å². The van der Waals surface area contributed by atoms with Gasteiger partial charge in [0.2, 0.25) is 10.0 Å². The highest BCUT2D eigenvalue weighted by atomic mass is 32.2. The first-order valence-corrected chi connectivity index (χ1v) is 10.0. The number of nitrogens with one attached hydrogen (secondary N) is 1. The number of carboxylic acid groups (broad SMARTS) is 1. The topological polar surface area (TPSA) is 86.7 Å². The molecule has 0 amide bonds. The van der Waals surface area contributed by atoms with E-state index in [1.807, 2.05) is 36.1 Å². The monoisotopic (exact) mass is 354 g/mol. The molecule has 0 spiro atoms. The van der Waals surface area contributed by atoms with Gasteiger partial charge in [-0.05, 0) is 36.9 Å². The molecule has 0 unspecified atom stereocenters. The molecular weight excluding hydrogens is 328 g/mol. The molecule has 1 saturated carbocycles. The molecule has 0 radical (unpaired) electrons. The van der Waals surface area contributed by atoms with Crippen molar-refractivity contribution in [2.24, 2.45) is 0 Å². The molecule has 1 aliphatic rings. The standard InChI is InChI=1S/C17H26N2O4S/c1-3-13-5-7-14(8-6-13)12-24(22,23)18-15-9-16(10-15)19(4-2)11-17(20)21/h5-8,15-16,18H,3-4,9-12H2,1-2H3,(H,20,21). The lowest BCUT2D eigenvalue weighted by Gasteiger charge is -2.42. The van der Waals surface area contributed by atoms with Crippen LogP contribution in [0.3, 0.4) is 0 Å². The van der Waals surface area contributed by atoms with Gasteiger partial charge in [-0.1, -0.05) is 38.1 Å². The van der Waals surface area contributed by atoms with Gasteiger partial charge in [-0.3, -0.25) is 9.69 Å². The number of nitrogens with zero attached hydrogens (tertiary/aromatic N) is 1.